The first-order valence-electron chi connectivity index (χ1n) is 8.96. The Balaban J connectivity index is 1.64. The number of aryl methyl sites for hydroxylation is 2. The number of nitrogens with zero attached hydrogens (tertiary/aromatic N) is 2. The number of carbonyl (C=O) groups excluding carboxylic acids is 1. The van der Waals surface area contributed by atoms with Crippen molar-refractivity contribution in [3.8, 4) is 11.6 Å². The summed E-state index contributed by atoms with van der Waals surface area (Å²) >= 11 is 0. The number of carbonyl (C=O) groups is 1. The van der Waals surface area contributed by atoms with Gasteiger partial charge in [0.15, 0.2) is 0 Å². The molecule has 1 aromatic heterocycles. The van der Waals surface area contributed by atoms with Crippen LogP contribution in [0.15, 0.2) is 48.5 Å². The molecule has 0 aliphatic rings. The number of urea groups is 1. The van der Waals surface area contributed by atoms with Crippen LogP contribution in [0.1, 0.15) is 11.4 Å². The maximum absolute atomic E-state index is 12.3. The number of benzene rings is 2. The minimum Gasteiger partial charge on any atom is -0.495 e. The Kier molecular flexibility index (Phi) is 6.13. The number of nitrogens with one attached hydrogen (secondary N) is 3. The van der Waals surface area contributed by atoms with Crippen molar-refractivity contribution in [3.05, 3.63) is 59.9 Å². The minimum absolute atomic E-state index is 0.356. The Morgan fingerprint density at radius 2 is 1.59 bits per heavy atom. The van der Waals surface area contributed by atoms with E-state index in [2.05, 4.69) is 25.9 Å². The average Bonchev–Trinajstić information content (AvgIpc) is 2.69. The van der Waals surface area contributed by atoms with Crippen molar-refractivity contribution in [1.82, 2.24) is 9.97 Å². The fourth-order valence-corrected chi connectivity index (χ4v) is 2.70. The van der Waals surface area contributed by atoms with Gasteiger partial charge in [-0.15, -0.1) is 0 Å². The minimum atomic E-state index is -0.356. The van der Waals surface area contributed by atoms with E-state index in [0.29, 0.717) is 34.6 Å². The molecule has 8 heteroatoms. The van der Waals surface area contributed by atoms with Gasteiger partial charge in [0.1, 0.15) is 17.4 Å². The van der Waals surface area contributed by atoms with Crippen molar-refractivity contribution in [2.75, 3.05) is 30.2 Å². The molecule has 0 bridgehead atoms. The highest BCUT2D eigenvalue weighted by atomic mass is 16.5. The first-order valence-corrected chi connectivity index (χ1v) is 8.96. The van der Waals surface area contributed by atoms with Crippen LogP contribution in [-0.2, 0) is 0 Å². The molecule has 0 saturated carbocycles. The Morgan fingerprint density at radius 1 is 0.862 bits per heavy atom. The van der Waals surface area contributed by atoms with Crippen molar-refractivity contribution in [1.29, 1.82) is 0 Å². The molecule has 0 spiro atoms. The highest BCUT2D eigenvalue weighted by Crippen LogP contribution is 2.25. The molecule has 3 N–H and O–H groups in total. The molecular formula is C21H23N5O3. The molecule has 150 valence electrons. The number of ether oxygens (including phenoxy) is 2. The van der Waals surface area contributed by atoms with Crippen LogP contribution in [0.3, 0.4) is 0 Å². The smallest absolute Gasteiger partial charge is 0.323 e. The van der Waals surface area contributed by atoms with Gasteiger partial charge in [0.05, 0.1) is 19.9 Å². The van der Waals surface area contributed by atoms with E-state index in [1.165, 1.54) is 0 Å². The van der Waals surface area contributed by atoms with E-state index in [4.69, 9.17) is 9.47 Å². The second-order valence-electron chi connectivity index (χ2n) is 6.33. The maximum atomic E-state index is 12.3. The van der Waals surface area contributed by atoms with Crippen LogP contribution >= 0.6 is 0 Å². The van der Waals surface area contributed by atoms with E-state index < -0.39 is 0 Å². The fourth-order valence-electron chi connectivity index (χ4n) is 2.70. The second kappa shape index (κ2) is 8.92. The SMILES string of the molecule is COc1cc(Nc2ccc(NC(=O)Nc3cc(C)ccc3OC)cc2)nc(C)n1. The molecule has 0 saturated heterocycles. The molecule has 2 aromatic carbocycles. The maximum Gasteiger partial charge on any atom is 0.323 e. The van der Waals surface area contributed by atoms with Crippen LogP contribution in [0, 0.1) is 13.8 Å². The van der Waals surface area contributed by atoms with Gasteiger partial charge >= 0.3 is 6.03 Å². The quantitative estimate of drug-likeness (QED) is 0.571. The number of methoxy groups -OCH3 is 2. The summed E-state index contributed by atoms with van der Waals surface area (Å²) in [6, 6.07) is 14.2. The Morgan fingerprint density at radius 3 is 2.28 bits per heavy atom. The zero-order valence-electron chi connectivity index (χ0n) is 16.7. The van der Waals surface area contributed by atoms with Crippen LogP contribution in [0.4, 0.5) is 27.7 Å². The van der Waals surface area contributed by atoms with Gasteiger partial charge in [0, 0.05) is 17.4 Å². The summed E-state index contributed by atoms with van der Waals surface area (Å²) in [7, 11) is 3.12. The number of hydrogen-bond donors (Lipinski definition) is 3. The second-order valence-corrected chi connectivity index (χ2v) is 6.33. The lowest BCUT2D eigenvalue weighted by atomic mass is 10.2. The molecule has 0 radical (unpaired) electrons. The summed E-state index contributed by atoms with van der Waals surface area (Å²) in [6.07, 6.45) is 0. The van der Waals surface area contributed by atoms with Crippen molar-refractivity contribution >= 4 is 28.9 Å². The van der Waals surface area contributed by atoms with E-state index in [1.807, 2.05) is 37.3 Å². The van der Waals surface area contributed by atoms with E-state index in [9.17, 15) is 4.79 Å². The van der Waals surface area contributed by atoms with Crippen molar-refractivity contribution in [2.45, 2.75) is 13.8 Å². The first-order chi connectivity index (χ1) is 14.0. The van der Waals surface area contributed by atoms with Gasteiger partial charge in [-0.1, -0.05) is 6.07 Å². The summed E-state index contributed by atoms with van der Waals surface area (Å²) in [5, 5.41) is 8.79. The molecule has 0 atom stereocenters. The lowest BCUT2D eigenvalue weighted by Crippen LogP contribution is -2.19. The third kappa shape index (κ3) is 5.35. The number of hydrogen-bond acceptors (Lipinski definition) is 6. The lowest BCUT2D eigenvalue weighted by molar-refractivity contribution is 0.262. The molecule has 29 heavy (non-hydrogen) atoms. The lowest BCUT2D eigenvalue weighted by Gasteiger charge is -2.12. The van der Waals surface area contributed by atoms with Gasteiger partial charge in [0.2, 0.25) is 5.88 Å². The summed E-state index contributed by atoms with van der Waals surface area (Å²) < 4.78 is 10.4. The van der Waals surface area contributed by atoms with Crippen molar-refractivity contribution in [3.63, 3.8) is 0 Å². The predicted octanol–water partition coefficient (Wildman–Crippen LogP) is 4.50. The largest absolute Gasteiger partial charge is 0.495 e. The predicted molar refractivity (Wildman–Crippen MR) is 113 cm³/mol. The third-order valence-electron chi connectivity index (χ3n) is 4.04. The standard InChI is InChI=1S/C21H23N5O3/c1-13-5-10-18(28-3)17(11-13)26-21(27)25-16-8-6-15(7-9-16)24-19-12-20(29-4)23-14(2)22-19/h5-12H,1-4H3,(H,22,23,24)(H2,25,26,27). The molecule has 0 aliphatic carbocycles. The van der Waals surface area contributed by atoms with Crippen molar-refractivity contribution < 1.29 is 14.3 Å². The summed E-state index contributed by atoms with van der Waals surface area (Å²) in [5.41, 5.74) is 3.09. The van der Waals surface area contributed by atoms with Gasteiger partial charge < -0.3 is 25.4 Å². The molecule has 0 aliphatic heterocycles. The van der Waals surface area contributed by atoms with E-state index in [-0.39, 0.29) is 6.03 Å². The molecule has 0 fully saturated rings. The van der Waals surface area contributed by atoms with Gasteiger partial charge in [-0.05, 0) is 55.8 Å². The molecule has 3 aromatic rings. The van der Waals surface area contributed by atoms with E-state index in [1.54, 1.807) is 39.3 Å². The average molecular weight is 393 g/mol. The molecular weight excluding hydrogens is 370 g/mol. The Hall–Kier alpha value is -3.81. The van der Waals surface area contributed by atoms with Gasteiger partial charge in [-0.3, -0.25) is 0 Å². The number of amides is 2. The summed E-state index contributed by atoms with van der Waals surface area (Å²) in [4.78, 5) is 20.8. The van der Waals surface area contributed by atoms with Gasteiger partial charge in [-0.25, -0.2) is 9.78 Å². The summed E-state index contributed by atoms with van der Waals surface area (Å²) in [6.45, 7) is 3.74. The molecule has 8 nitrogen and oxygen atoms in total. The third-order valence-corrected chi connectivity index (χ3v) is 4.04. The van der Waals surface area contributed by atoms with Crippen LogP contribution in [0.25, 0.3) is 0 Å². The molecule has 3 rings (SSSR count). The number of anilines is 4. The number of rotatable bonds is 6. The van der Waals surface area contributed by atoms with Crippen LogP contribution in [0.5, 0.6) is 11.6 Å². The molecule has 0 unspecified atom stereocenters. The molecule has 1 heterocycles. The molecule has 2 amide bonds. The highest BCUT2D eigenvalue weighted by Gasteiger charge is 2.08. The van der Waals surface area contributed by atoms with E-state index in [0.717, 1.165) is 11.3 Å². The summed E-state index contributed by atoms with van der Waals surface area (Å²) in [5.74, 6) is 2.31. The fraction of sp³-hybridized carbons (Fsp3) is 0.190. The van der Waals surface area contributed by atoms with E-state index >= 15 is 0 Å². The van der Waals surface area contributed by atoms with Crippen LogP contribution in [-0.4, -0.2) is 30.2 Å². The monoisotopic (exact) mass is 393 g/mol. The zero-order valence-corrected chi connectivity index (χ0v) is 16.7. The normalized spacial score (nSPS) is 10.2. The Bertz CT molecular complexity index is 1010. The zero-order chi connectivity index (χ0) is 20.8. The van der Waals surface area contributed by atoms with Crippen LogP contribution < -0.4 is 25.4 Å². The Labute approximate surface area is 169 Å². The van der Waals surface area contributed by atoms with Crippen molar-refractivity contribution in [2.24, 2.45) is 0 Å². The van der Waals surface area contributed by atoms with Gasteiger partial charge in [-0.2, -0.15) is 4.98 Å². The highest BCUT2D eigenvalue weighted by molar-refractivity contribution is 6.00. The van der Waals surface area contributed by atoms with Crippen LogP contribution in [0.2, 0.25) is 0 Å². The first kappa shape index (κ1) is 19.9. The van der Waals surface area contributed by atoms with Gasteiger partial charge in [0.25, 0.3) is 0 Å². The number of aromatic nitrogens is 2. The topological polar surface area (TPSA) is 97.4 Å².